The molecule has 0 aliphatic rings. The maximum atomic E-state index is 13.4. The minimum atomic E-state index is -0.368. The summed E-state index contributed by atoms with van der Waals surface area (Å²) in [6, 6.07) is 22.0. The van der Waals surface area contributed by atoms with E-state index >= 15 is 0 Å². The maximum absolute atomic E-state index is 13.4. The Balaban J connectivity index is 1.99. The van der Waals surface area contributed by atoms with E-state index in [-0.39, 0.29) is 24.6 Å². The fraction of sp³-hybridized carbons (Fsp3) is 0.300. The summed E-state index contributed by atoms with van der Waals surface area (Å²) in [5.41, 5.74) is 6.20. The number of benzene rings is 3. The Morgan fingerprint density at radius 1 is 0.971 bits per heavy atom. The smallest absolute Gasteiger partial charge is 0.355 e. The SMILES string of the molecule is CCOC(=O)c1c(-c2ccc(C(C)(C)C)cc2)c2cc(CO)ccc2n1Cc1cccc(OC)c1. The second-order valence-electron chi connectivity index (χ2n) is 9.72. The number of carbonyl (C=O) groups is 1. The number of esters is 1. The van der Waals surface area contributed by atoms with Gasteiger partial charge in [-0.25, -0.2) is 4.79 Å². The molecular formula is C30H33NO4. The molecule has 4 aromatic rings. The Morgan fingerprint density at radius 2 is 1.71 bits per heavy atom. The average Bonchev–Trinajstić information content (AvgIpc) is 3.17. The van der Waals surface area contributed by atoms with Crippen molar-refractivity contribution in [3.05, 3.63) is 89.1 Å². The fourth-order valence-electron chi connectivity index (χ4n) is 4.46. The van der Waals surface area contributed by atoms with Crippen LogP contribution in [-0.2, 0) is 23.3 Å². The van der Waals surface area contributed by atoms with Crippen molar-refractivity contribution < 1.29 is 19.4 Å². The normalized spacial score (nSPS) is 11.6. The van der Waals surface area contributed by atoms with E-state index in [0.717, 1.165) is 38.9 Å². The van der Waals surface area contributed by atoms with Crippen molar-refractivity contribution >= 4 is 16.9 Å². The van der Waals surface area contributed by atoms with Crippen molar-refractivity contribution in [2.45, 2.75) is 46.3 Å². The number of rotatable bonds is 7. The van der Waals surface area contributed by atoms with Crippen LogP contribution in [0.4, 0.5) is 0 Å². The van der Waals surface area contributed by atoms with Gasteiger partial charge in [-0.05, 0) is 58.9 Å². The number of aliphatic hydroxyl groups excluding tert-OH is 1. The van der Waals surface area contributed by atoms with Crippen LogP contribution in [0.2, 0.25) is 0 Å². The Morgan fingerprint density at radius 3 is 2.34 bits per heavy atom. The molecule has 5 nitrogen and oxygen atoms in total. The molecule has 0 aliphatic heterocycles. The van der Waals surface area contributed by atoms with Crippen LogP contribution < -0.4 is 4.74 Å². The third kappa shape index (κ3) is 4.96. The van der Waals surface area contributed by atoms with Crippen LogP contribution in [0, 0.1) is 0 Å². The molecule has 0 saturated carbocycles. The van der Waals surface area contributed by atoms with Crippen molar-refractivity contribution in [3.63, 3.8) is 0 Å². The first kappa shape index (κ1) is 24.6. The molecule has 0 unspecified atom stereocenters. The van der Waals surface area contributed by atoms with Gasteiger partial charge in [0.15, 0.2) is 0 Å². The van der Waals surface area contributed by atoms with Crippen LogP contribution >= 0.6 is 0 Å². The van der Waals surface area contributed by atoms with Crippen molar-refractivity contribution in [1.82, 2.24) is 4.57 Å². The number of hydrogen-bond donors (Lipinski definition) is 1. The van der Waals surface area contributed by atoms with Gasteiger partial charge in [-0.2, -0.15) is 0 Å². The predicted octanol–water partition coefficient (Wildman–Crippen LogP) is 6.33. The van der Waals surface area contributed by atoms with Gasteiger partial charge in [0.2, 0.25) is 0 Å². The van der Waals surface area contributed by atoms with E-state index in [1.165, 1.54) is 5.56 Å². The highest BCUT2D eigenvalue weighted by Crippen LogP contribution is 2.38. The molecule has 5 heteroatoms. The average molecular weight is 472 g/mol. The summed E-state index contributed by atoms with van der Waals surface area (Å²) in [5, 5.41) is 10.7. The number of aromatic nitrogens is 1. The number of nitrogens with zero attached hydrogens (tertiary/aromatic N) is 1. The number of ether oxygens (including phenoxy) is 2. The third-order valence-corrected chi connectivity index (χ3v) is 6.29. The minimum Gasteiger partial charge on any atom is -0.497 e. The van der Waals surface area contributed by atoms with Gasteiger partial charge in [-0.15, -0.1) is 0 Å². The zero-order chi connectivity index (χ0) is 25.2. The van der Waals surface area contributed by atoms with Gasteiger partial charge in [0.05, 0.1) is 20.3 Å². The molecule has 1 heterocycles. The second-order valence-corrected chi connectivity index (χ2v) is 9.72. The third-order valence-electron chi connectivity index (χ3n) is 6.29. The fourth-order valence-corrected chi connectivity index (χ4v) is 4.46. The lowest BCUT2D eigenvalue weighted by atomic mass is 9.86. The maximum Gasteiger partial charge on any atom is 0.355 e. The summed E-state index contributed by atoms with van der Waals surface area (Å²) >= 11 is 0. The zero-order valence-electron chi connectivity index (χ0n) is 21.1. The van der Waals surface area contributed by atoms with Crippen LogP contribution in [0.25, 0.3) is 22.0 Å². The lowest BCUT2D eigenvalue weighted by molar-refractivity contribution is 0.0516. The lowest BCUT2D eigenvalue weighted by Crippen LogP contribution is -2.14. The quantitative estimate of drug-likeness (QED) is 0.320. The van der Waals surface area contributed by atoms with Crippen LogP contribution in [0.1, 0.15) is 54.9 Å². The van der Waals surface area contributed by atoms with Gasteiger partial charge in [0.25, 0.3) is 0 Å². The molecule has 182 valence electrons. The Hall–Kier alpha value is -3.57. The predicted molar refractivity (Wildman–Crippen MR) is 140 cm³/mol. The largest absolute Gasteiger partial charge is 0.497 e. The Bertz CT molecular complexity index is 1340. The van der Waals surface area contributed by atoms with Gasteiger partial charge in [0.1, 0.15) is 11.4 Å². The second kappa shape index (κ2) is 9.96. The van der Waals surface area contributed by atoms with Gasteiger partial charge < -0.3 is 19.1 Å². The monoisotopic (exact) mass is 471 g/mol. The van der Waals surface area contributed by atoms with Gasteiger partial charge in [-0.1, -0.05) is 63.2 Å². The van der Waals surface area contributed by atoms with Crippen LogP contribution in [-0.4, -0.2) is 29.4 Å². The minimum absolute atomic E-state index is 0.0208. The molecule has 0 aliphatic carbocycles. The molecule has 0 bridgehead atoms. The van der Waals surface area contributed by atoms with Crippen molar-refractivity contribution in [2.75, 3.05) is 13.7 Å². The number of fused-ring (bicyclic) bond motifs is 1. The molecule has 0 amide bonds. The van der Waals surface area contributed by atoms with E-state index in [0.29, 0.717) is 12.2 Å². The first-order valence-corrected chi connectivity index (χ1v) is 11.9. The number of methoxy groups -OCH3 is 1. The summed E-state index contributed by atoms with van der Waals surface area (Å²) in [6.07, 6.45) is 0. The van der Waals surface area contributed by atoms with Crippen LogP contribution in [0.5, 0.6) is 5.75 Å². The van der Waals surface area contributed by atoms with E-state index in [2.05, 4.69) is 45.0 Å². The Labute approximate surface area is 206 Å². The first-order valence-electron chi connectivity index (χ1n) is 11.9. The van der Waals surface area contributed by atoms with E-state index in [4.69, 9.17) is 9.47 Å². The first-order chi connectivity index (χ1) is 16.8. The molecule has 0 atom stereocenters. The molecule has 3 aromatic carbocycles. The molecule has 0 radical (unpaired) electrons. The molecule has 1 N–H and O–H groups in total. The highest BCUT2D eigenvalue weighted by molar-refractivity contribution is 6.09. The van der Waals surface area contributed by atoms with Crippen LogP contribution in [0.15, 0.2) is 66.7 Å². The summed E-state index contributed by atoms with van der Waals surface area (Å²) < 4.78 is 13.0. The zero-order valence-corrected chi connectivity index (χ0v) is 21.1. The van der Waals surface area contributed by atoms with E-state index in [1.807, 2.05) is 54.0 Å². The molecule has 0 fully saturated rings. The summed E-state index contributed by atoms with van der Waals surface area (Å²) in [5.74, 6) is 0.393. The van der Waals surface area contributed by atoms with Gasteiger partial charge >= 0.3 is 5.97 Å². The van der Waals surface area contributed by atoms with Crippen LogP contribution in [0.3, 0.4) is 0 Å². The molecule has 1 aromatic heterocycles. The number of carbonyl (C=O) groups excluding carboxylic acids is 1. The summed E-state index contributed by atoms with van der Waals surface area (Å²) in [6.45, 7) is 9.03. The topological polar surface area (TPSA) is 60.7 Å². The van der Waals surface area contributed by atoms with E-state index < -0.39 is 0 Å². The highest BCUT2D eigenvalue weighted by atomic mass is 16.5. The summed E-state index contributed by atoms with van der Waals surface area (Å²) in [4.78, 5) is 13.4. The van der Waals surface area contributed by atoms with Crippen molar-refractivity contribution in [1.29, 1.82) is 0 Å². The molecular weight excluding hydrogens is 438 g/mol. The lowest BCUT2D eigenvalue weighted by Gasteiger charge is -2.19. The Kier molecular flexibility index (Phi) is 6.99. The van der Waals surface area contributed by atoms with E-state index in [9.17, 15) is 9.90 Å². The van der Waals surface area contributed by atoms with Crippen molar-refractivity contribution in [3.8, 4) is 16.9 Å². The molecule has 0 spiro atoms. The van der Waals surface area contributed by atoms with E-state index in [1.54, 1.807) is 7.11 Å². The molecule has 4 rings (SSSR count). The standard InChI is InChI=1S/C30H33NO4/c1-6-35-29(33)28-27(22-11-13-23(14-12-22)30(2,3)4)25-17-21(19-32)10-15-26(25)31(28)18-20-8-7-9-24(16-20)34-5/h7-17,32H,6,18-19H2,1-5H3. The summed E-state index contributed by atoms with van der Waals surface area (Å²) in [7, 11) is 1.64. The van der Waals surface area contributed by atoms with Gasteiger partial charge in [-0.3, -0.25) is 0 Å². The van der Waals surface area contributed by atoms with Crippen molar-refractivity contribution in [2.24, 2.45) is 0 Å². The number of hydrogen-bond acceptors (Lipinski definition) is 4. The molecule has 0 saturated heterocycles. The number of aliphatic hydroxyl groups is 1. The van der Waals surface area contributed by atoms with Gasteiger partial charge in [0, 0.05) is 23.0 Å². The molecule has 35 heavy (non-hydrogen) atoms. The highest BCUT2D eigenvalue weighted by Gasteiger charge is 2.26.